The maximum atomic E-state index is 11.2. The molecular formula is C11H19N3O4S. The normalized spacial score (nSPS) is 10.6. The number of ether oxygens (including phenoxy) is 3. The van der Waals surface area contributed by atoms with E-state index in [4.69, 9.17) is 20.1 Å². The van der Waals surface area contributed by atoms with Gasteiger partial charge in [-0.25, -0.2) is 10.8 Å². The molecule has 0 saturated heterocycles. The average Bonchev–Trinajstić information content (AvgIpc) is 2.89. The van der Waals surface area contributed by atoms with Gasteiger partial charge in [0.2, 0.25) is 0 Å². The van der Waals surface area contributed by atoms with Crippen LogP contribution in [0, 0.1) is 0 Å². The standard InChI is InChI=1S/C11H19N3O4S/c1-16-3-2-4-17-5-6-18-7-9-8-19-11(13-9)10(15)14-12/h8H,2-7,12H2,1H3,(H,14,15). The van der Waals surface area contributed by atoms with E-state index >= 15 is 0 Å². The molecule has 108 valence electrons. The van der Waals surface area contributed by atoms with Gasteiger partial charge in [0, 0.05) is 25.7 Å². The number of rotatable bonds is 10. The van der Waals surface area contributed by atoms with Crippen molar-refractivity contribution in [2.24, 2.45) is 5.84 Å². The number of hydrazine groups is 1. The molecule has 0 aliphatic heterocycles. The van der Waals surface area contributed by atoms with Crippen LogP contribution in [0.2, 0.25) is 0 Å². The molecule has 0 aliphatic rings. The van der Waals surface area contributed by atoms with E-state index in [0.717, 1.165) is 6.42 Å². The van der Waals surface area contributed by atoms with Gasteiger partial charge in [0.15, 0.2) is 5.01 Å². The number of nitrogens with two attached hydrogens (primary N) is 1. The molecule has 0 aromatic carbocycles. The van der Waals surface area contributed by atoms with E-state index in [1.54, 1.807) is 12.5 Å². The number of hydrogen-bond donors (Lipinski definition) is 2. The zero-order valence-corrected chi connectivity index (χ0v) is 11.7. The third-order valence-electron chi connectivity index (χ3n) is 2.14. The Morgan fingerprint density at radius 1 is 1.37 bits per heavy atom. The predicted octanol–water partition coefficient (Wildman–Crippen LogP) is 0.316. The van der Waals surface area contributed by atoms with Gasteiger partial charge in [-0.2, -0.15) is 0 Å². The maximum absolute atomic E-state index is 11.2. The van der Waals surface area contributed by atoms with Gasteiger partial charge in [-0.1, -0.05) is 0 Å². The zero-order valence-electron chi connectivity index (χ0n) is 10.9. The first kappa shape index (κ1) is 16.0. The molecule has 1 aromatic heterocycles. The van der Waals surface area contributed by atoms with E-state index in [-0.39, 0.29) is 0 Å². The Morgan fingerprint density at radius 3 is 2.89 bits per heavy atom. The van der Waals surface area contributed by atoms with Crippen LogP contribution in [0.1, 0.15) is 21.9 Å². The summed E-state index contributed by atoms with van der Waals surface area (Å²) in [6.45, 7) is 2.74. The predicted molar refractivity (Wildman–Crippen MR) is 70.7 cm³/mol. The van der Waals surface area contributed by atoms with Gasteiger partial charge in [-0.15, -0.1) is 11.3 Å². The Kier molecular flexibility index (Phi) is 8.26. The summed E-state index contributed by atoms with van der Waals surface area (Å²) in [5, 5.41) is 2.10. The number of aromatic nitrogens is 1. The number of carbonyl (C=O) groups excluding carboxylic acids is 1. The summed E-state index contributed by atoms with van der Waals surface area (Å²) in [6.07, 6.45) is 0.875. The van der Waals surface area contributed by atoms with Crippen molar-refractivity contribution in [2.75, 3.05) is 33.5 Å². The fourth-order valence-electron chi connectivity index (χ4n) is 1.24. The minimum Gasteiger partial charge on any atom is -0.385 e. The molecule has 7 nitrogen and oxygen atoms in total. The van der Waals surface area contributed by atoms with Crippen molar-refractivity contribution in [1.29, 1.82) is 0 Å². The zero-order chi connectivity index (χ0) is 13.9. The van der Waals surface area contributed by atoms with Crippen molar-refractivity contribution in [1.82, 2.24) is 10.4 Å². The van der Waals surface area contributed by atoms with E-state index < -0.39 is 5.91 Å². The van der Waals surface area contributed by atoms with Crippen molar-refractivity contribution in [2.45, 2.75) is 13.0 Å². The Morgan fingerprint density at radius 2 is 2.16 bits per heavy atom. The third kappa shape index (κ3) is 6.60. The molecule has 1 aromatic rings. The molecule has 1 amide bonds. The van der Waals surface area contributed by atoms with Crippen molar-refractivity contribution in [3.63, 3.8) is 0 Å². The summed E-state index contributed by atoms with van der Waals surface area (Å²) in [4.78, 5) is 15.3. The number of nitrogen functional groups attached to an aromatic ring is 1. The van der Waals surface area contributed by atoms with E-state index in [9.17, 15) is 4.79 Å². The summed E-state index contributed by atoms with van der Waals surface area (Å²) in [5.41, 5.74) is 2.74. The van der Waals surface area contributed by atoms with Crippen LogP contribution in [0.25, 0.3) is 0 Å². The van der Waals surface area contributed by atoms with Crippen LogP contribution >= 0.6 is 11.3 Å². The number of nitrogens with one attached hydrogen (secondary N) is 1. The highest BCUT2D eigenvalue weighted by molar-refractivity contribution is 7.11. The lowest BCUT2D eigenvalue weighted by molar-refractivity contribution is 0.0328. The number of thiazole rings is 1. The summed E-state index contributed by atoms with van der Waals surface area (Å²) in [6, 6.07) is 0. The average molecular weight is 289 g/mol. The first-order valence-corrected chi connectivity index (χ1v) is 6.75. The number of carbonyl (C=O) groups is 1. The quantitative estimate of drug-likeness (QED) is 0.279. The second-order valence-corrected chi connectivity index (χ2v) is 4.49. The van der Waals surface area contributed by atoms with Crippen LogP contribution < -0.4 is 11.3 Å². The van der Waals surface area contributed by atoms with Crippen LogP contribution in [-0.4, -0.2) is 44.4 Å². The number of nitrogens with zero attached hydrogens (tertiary/aromatic N) is 1. The largest absolute Gasteiger partial charge is 0.385 e. The smallest absolute Gasteiger partial charge is 0.294 e. The molecule has 8 heteroatoms. The molecule has 0 unspecified atom stereocenters. The summed E-state index contributed by atoms with van der Waals surface area (Å²) >= 11 is 1.23. The summed E-state index contributed by atoms with van der Waals surface area (Å²) in [5.74, 6) is 4.62. The second kappa shape index (κ2) is 9.82. The Hall–Kier alpha value is -1.06. The second-order valence-electron chi connectivity index (χ2n) is 3.63. The lowest BCUT2D eigenvalue weighted by atomic mass is 10.5. The number of methoxy groups -OCH3 is 1. The van der Waals surface area contributed by atoms with Gasteiger partial charge < -0.3 is 14.2 Å². The topological polar surface area (TPSA) is 95.7 Å². The highest BCUT2D eigenvalue weighted by atomic mass is 32.1. The minimum atomic E-state index is -0.391. The lowest BCUT2D eigenvalue weighted by Crippen LogP contribution is -2.29. The van der Waals surface area contributed by atoms with E-state index in [0.29, 0.717) is 43.7 Å². The van der Waals surface area contributed by atoms with Crippen LogP contribution in [-0.2, 0) is 20.8 Å². The van der Waals surface area contributed by atoms with Gasteiger partial charge >= 0.3 is 0 Å². The third-order valence-corrected chi connectivity index (χ3v) is 3.03. The van der Waals surface area contributed by atoms with Gasteiger partial charge in [0.25, 0.3) is 5.91 Å². The van der Waals surface area contributed by atoms with Gasteiger partial charge in [-0.3, -0.25) is 10.2 Å². The first-order chi connectivity index (χ1) is 9.27. The fraction of sp³-hybridized carbons (Fsp3) is 0.636. The minimum absolute atomic E-state index is 0.330. The van der Waals surface area contributed by atoms with E-state index in [2.05, 4.69) is 4.98 Å². The van der Waals surface area contributed by atoms with Crippen LogP contribution in [0.3, 0.4) is 0 Å². The molecule has 0 radical (unpaired) electrons. The SMILES string of the molecule is COCCCOCCOCc1csc(C(=O)NN)n1. The highest BCUT2D eigenvalue weighted by Crippen LogP contribution is 2.10. The molecular weight excluding hydrogens is 270 g/mol. The van der Waals surface area contributed by atoms with Crippen LogP contribution in [0.5, 0.6) is 0 Å². The number of amides is 1. The number of hydrogen-bond acceptors (Lipinski definition) is 7. The first-order valence-electron chi connectivity index (χ1n) is 5.87. The molecule has 0 bridgehead atoms. The van der Waals surface area contributed by atoms with E-state index in [1.807, 2.05) is 5.43 Å². The molecule has 1 rings (SSSR count). The molecule has 0 fully saturated rings. The van der Waals surface area contributed by atoms with Gasteiger partial charge in [-0.05, 0) is 6.42 Å². The Balaban J connectivity index is 2.06. The van der Waals surface area contributed by atoms with Gasteiger partial charge in [0.05, 0.1) is 25.5 Å². The molecule has 0 saturated carbocycles. The van der Waals surface area contributed by atoms with E-state index in [1.165, 1.54) is 11.3 Å². The Labute approximate surface area is 116 Å². The highest BCUT2D eigenvalue weighted by Gasteiger charge is 2.09. The molecule has 3 N–H and O–H groups in total. The van der Waals surface area contributed by atoms with Crippen molar-refractivity contribution >= 4 is 17.2 Å². The lowest BCUT2D eigenvalue weighted by Gasteiger charge is -2.04. The van der Waals surface area contributed by atoms with Gasteiger partial charge in [0.1, 0.15) is 0 Å². The Bertz CT molecular complexity index is 373. The molecule has 0 aliphatic carbocycles. The van der Waals surface area contributed by atoms with Crippen molar-refractivity contribution in [3.05, 3.63) is 16.1 Å². The maximum Gasteiger partial charge on any atom is 0.294 e. The molecule has 19 heavy (non-hydrogen) atoms. The fourth-order valence-corrected chi connectivity index (χ4v) is 1.95. The summed E-state index contributed by atoms with van der Waals surface area (Å²) in [7, 11) is 1.66. The summed E-state index contributed by atoms with van der Waals surface area (Å²) < 4.78 is 15.6. The van der Waals surface area contributed by atoms with Crippen molar-refractivity contribution < 1.29 is 19.0 Å². The van der Waals surface area contributed by atoms with Crippen LogP contribution in [0.4, 0.5) is 0 Å². The molecule has 1 heterocycles. The molecule has 0 atom stereocenters. The monoisotopic (exact) mass is 289 g/mol. The van der Waals surface area contributed by atoms with Crippen LogP contribution in [0.15, 0.2) is 5.38 Å². The molecule has 0 spiro atoms. The van der Waals surface area contributed by atoms with Crippen molar-refractivity contribution in [3.8, 4) is 0 Å².